The molecule has 0 spiro atoms. The lowest BCUT2D eigenvalue weighted by atomic mass is 10.2. The van der Waals surface area contributed by atoms with Crippen molar-refractivity contribution in [3.63, 3.8) is 0 Å². The van der Waals surface area contributed by atoms with Crippen molar-refractivity contribution in [1.29, 1.82) is 0 Å². The summed E-state index contributed by atoms with van der Waals surface area (Å²) in [5, 5.41) is 17.8. The molecule has 1 aliphatic carbocycles. The van der Waals surface area contributed by atoms with Gasteiger partial charge in [-0.1, -0.05) is 17.7 Å². The van der Waals surface area contributed by atoms with Crippen LogP contribution in [0.25, 0.3) is 5.69 Å². The third-order valence-electron chi connectivity index (χ3n) is 4.83. The van der Waals surface area contributed by atoms with Crippen LogP contribution in [0.15, 0.2) is 42.5 Å². The maximum atomic E-state index is 14.0. The highest BCUT2D eigenvalue weighted by atomic mass is 19.1. The molecule has 142 valence electrons. The van der Waals surface area contributed by atoms with Gasteiger partial charge >= 0.3 is 0 Å². The van der Waals surface area contributed by atoms with Crippen LogP contribution in [0.3, 0.4) is 0 Å². The first kappa shape index (κ1) is 17.8. The molecule has 0 saturated heterocycles. The second kappa shape index (κ2) is 6.88. The van der Waals surface area contributed by atoms with Gasteiger partial charge in [0.1, 0.15) is 5.82 Å². The van der Waals surface area contributed by atoms with E-state index in [9.17, 15) is 19.3 Å². The molecule has 0 unspecified atom stereocenters. The van der Waals surface area contributed by atoms with Gasteiger partial charge in [-0.05, 0) is 44.4 Å². The highest BCUT2D eigenvalue weighted by Crippen LogP contribution is 2.29. The van der Waals surface area contributed by atoms with Crippen LogP contribution < -0.4 is 5.32 Å². The third kappa shape index (κ3) is 3.13. The van der Waals surface area contributed by atoms with Gasteiger partial charge in [-0.25, -0.2) is 9.07 Å². The number of nitro groups is 1. The van der Waals surface area contributed by atoms with Crippen LogP contribution in [0.5, 0.6) is 0 Å². The van der Waals surface area contributed by atoms with Crippen LogP contribution in [-0.4, -0.2) is 20.6 Å². The molecule has 2 aromatic carbocycles. The number of rotatable bonds is 4. The number of anilines is 1. The predicted molar refractivity (Wildman–Crippen MR) is 101 cm³/mol. The average Bonchev–Trinajstić information content (AvgIpc) is 3.26. The number of aromatic nitrogens is 2. The second-order valence-electron chi connectivity index (χ2n) is 6.75. The molecule has 0 bridgehead atoms. The monoisotopic (exact) mass is 380 g/mol. The van der Waals surface area contributed by atoms with Gasteiger partial charge in [-0.3, -0.25) is 14.9 Å². The van der Waals surface area contributed by atoms with Crippen molar-refractivity contribution in [3.8, 4) is 5.69 Å². The zero-order valence-corrected chi connectivity index (χ0v) is 15.1. The number of benzene rings is 2. The molecule has 28 heavy (non-hydrogen) atoms. The topological polar surface area (TPSA) is 90.1 Å². The first-order valence-electron chi connectivity index (χ1n) is 8.87. The van der Waals surface area contributed by atoms with Gasteiger partial charge in [-0.2, -0.15) is 5.10 Å². The van der Waals surface area contributed by atoms with E-state index in [-0.39, 0.29) is 17.1 Å². The lowest BCUT2D eigenvalue weighted by Crippen LogP contribution is -2.16. The van der Waals surface area contributed by atoms with Gasteiger partial charge in [0.25, 0.3) is 11.6 Å². The van der Waals surface area contributed by atoms with Crippen LogP contribution in [-0.2, 0) is 12.8 Å². The summed E-state index contributed by atoms with van der Waals surface area (Å²) in [6.45, 7) is 1.99. The minimum absolute atomic E-state index is 0.221. The lowest BCUT2D eigenvalue weighted by Gasteiger charge is -2.06. The lowest BCUT2D eigenvalue weighted by molar-refractivity contribution is -0.384. The van der Waals surface area contributed by atoms with E-state index in [4.69, 9.17) is 0 Å². The number of carbonyl (C=O) groups is 1. The van der Waals surface area contributed by atoms with Crippen molar-refractivity contribution in [2.75, 3.05) is 5.32 Å². The van der Waals surface area contributed by atoms with Gasteiger partial charge < -0.3 is 5.32 Å². The highest BCUT2D eigenvalue weighted by molar-refractivity contribution is 6.04. The number of aryl methyl sites for hydroxylation is 1. The Bertz CT molecular complexity index is 1090. The van der Waals surface area contributed by atoms with Crippen molar-refractivity contribution in [2.45, 2.75) is 26.2 Å². The Hall–Kier alpha value is -3.55. The number of halogens is 1. The highest BCUT2D eigenvalue weighted by Gasteiger charge is 2.27. The van der Waals surface area contributed by atoms with Gasteiger partial charge in [-0.15, -0.1) is 0 Å². The quantitative estimate of drug-likeness (QED) is 0.548. The van der Waals surface area contributed by atoms with Gasteiger partial charge in [0.2, 0.25) is 0 Å². The van der Waals surface area contributed by atoms with Crippen LogP contribution in [0.2, 0.25) is 0 Å². The third-order valence-corrected chi connectivity index (χ3v) is 4.83. The summed E-state index contributed by atoms with van der Waals surface area (Å²) in [4.78, 5) is 23.1. The summed E-state index contributed by atoms with van der Waals surface area (Å²) in [5.74, 6) is -1.32. The van der Waals surface area contributed by atoms with Gasteiger partial charge in [0.05, 0.1) is 16.3 Å². The fourth-order valence-electron chi connectivity index (χ4n) is 3.42. The summed E-state index contributed by atoms with van der Waals surface area (Å²) >= 11 is 0. The molecular weight excluding hydrogens is 363 g/mol. The van der Waals surface area contributed by atoms with Crippen molar-refractivity contribution >= 4 is 17.3 Å². The molecule has 0 radical (unpaired) electrons. The molecular formula is C20H17FN4O3. The fourth-order valence-corrected chi connectivity index (χ4v) is 3.42. The molecule has 1 amide bonds. The Morgan fingerprint density at radius 2 is 1.96 bits per heavy atom. The van der Waals surface area contributed by atoms with Crippen molar-refractivity contribution < 1.29 is 14.1 Å². The van der Waals surface area contributed by atoms with E-state index < -0.39 is 16.6 Å². The number of nitro benzene ring substituents is 1. The van der Waals surface area contributed by atoms with Gasteiger partial charge in [0, 0.05) is 23.4 Å². The van der Waals surface area contributed by atoms with E-state index in [1.807, 2.05) is 31.2 Å². The van der Waals surface area contributed by atoms with E-state index >= 15 is 0 Å². The summed E-state index contributed by atoms with van der Waals surface area (Å²) in [6.07, 6.45) is 2.42. The van der Waals surface area contributed by atoms with Crippen LogP contribution in [0.4, 0.5) is 15.8 Å². The molecule has 3 aromatic rings. The number of fused-ring (bicyclic) bond motifs is 1. The summed E-state index contributed by atoms with van der Waals surface area (Å²) in [7, 11) is 0. The number of hydrogen-bond acceptors (Lipinski definition) is 4. The maximum absolute atomic E-state index is 14.0. The van der Waals surface area contributed by atoms with Crippen molar-refractivity contribution in [3.05, 3.63) is 80.9 Å². The van der Waals surface area contributed by atoms with E-state index in [2.05, 4.69) is 10.4 Å². The second-order valence-corrected chi connectivity index (χ2v) is 6.75. The minimum Gasteiger partial charge on any atom is -0.318 e. The summed E-state index contributed by atoms with van der Waals surface area (Å²) in [6, 6.07) is 10.8. The van der Waals surface area contributed by atoms with E-state index in [1.165, 1.54) is 0 Å². The number of nitrogens with one attached hydrogen (secondary N) is 1. The van der Waals surface area contributed by atoms with E-state index in [1.54, 1.807) is 4.68 Å². The average molecular weight is 380 g/mol. The number of non-ortho nitro benzene ring substituents is 1. The molecule has 1 aromatic heterocycles. The molecule has 0 saturated carbocycles. The van der Waals surface area contributed by atoms with Crippen molar-refractivity contribution in [1.82, 2.24) is 9.78 Å². The smallest absolute Gasteiger partial charge is 0.276 e. The number of hydrogen-bond donors (Lipinski definition) is 1. The largest absolute Gasteiger partial charge is 0.318 e. The molecule has 1 N–H and O–H groups in total. The van der Waals surface area contributed by atoms with Crippen LogP contribution in [0.1, 0.15) is 33.7 Å². The maximum Gasteiger partial charge on any atom is 0.276 e. The van der Waals surface area contributed by atoms with E-state index in [0.29, 0.717) is 6.42 Å². The normalized spacial score (nSPS) is 12.6. The Labute approximate surface area is 160 Å². The number of nitrogens with zero attached hydrogens (tertiary/aromatic N) is 3. The first-order valence-corrected chi connectivity index (χ1v) is 8.87. The first-order chi connectivity index (χ1) is 13.4. The molecule has 4 rings (SSSR count). The van der Waals surface area contributed by atoms with Crippen molar-refractivity contribution in [2.24, 2.45) is 0 Å². The molecule has 8 heteroatoms. The Morgan fingerprint density at radius 3 is 2.68 bits per heavy atom. The molecule has 7 nitrogen and oxygen atoms in total. The van der Waals surface area contributed by atoms with E-state index in [0.717, 1.165) is 53.5 Å². The standard InChI is InChI=1S/C20H17FN4O3/c1-12-5-7-13(8-6-12)24-18-4-2-3-15(18)19(23-24)20(26)22-17-11-14(25(27)28)9-10-16(17)21/h5-11H,2-4H2,1H3,(H,22,26). The Balaban J connectivity index is 1.69. The molecule has 0 atom stereocenters. The zero-order chi connectivity index (χ0) is 19.8. The number of carbonyl (C=O) groups excluding carboxylic acids is 1. The molecule has 0 fully saturated rings. The van der Waals surface area contributed by atoms with Crippen LogP contribution >= 0.6 is 0 Å². The summed E-state index contributed by atoms with van der Waals surface area (Å²) in [5.41, 5.74) is 3.45. The van der Waals surface area contributed by atoms with Gasteiger partial charge in [0.15, 0.2) is 5.69 Å². The molecule has 0 aliphatic heterocycles. The SMILES string of the molecule is Cc1ccc(-n2nc(C(=O)Nc3cc([N+](=O)[O-])ccc3F)c3c2CCC3)cc1. The number of amides is 1. The minimum atomic E-state index is -0.742. The Kier molecular flexibility index (Phi) is 4.38. The predicted octanol–water partition coefficient (Wildman–Crippen LogP) is 3.97. The summed E-state index contributed by atoms with van der Waals surface area (Å²) < 4.78 is 15.8. The molecule has 1 heterocycles. The molecule has 1 aliphatic rings. The van der Waals surface area contributed by atoms with Crippen LogP contribution in [0, 0.1) is 22.9 Å². The zero-order valence-electron chi connectivity index (χ0n) is 15.1. The fraction of sp³-hybridized carbons (Fsp3) is 0.200. The Morgan fingerprint density at radius 1 is 1.21 bits per heavy atom.